The third-order valence-corrected chi connectivity index (χ3v) is 31.9. The van der Waals surface area contributed by atoms with Gasteiger partial charge in [-0.15, -0.1) is 0 Å². The van der Waals surface area contributed by atoms with E-state index >= 15 is 0 Å². The fourth-order valence-corrected chi connectivity index (χ4v) is 31.7. The van der Waals surface area contributed by atoms with E-state index < -0.39 is 37.6 Å². The van der Waals surface area contributed by atoms with E-state index in [1.807, 2.05) is 0 Å². The molecule has 0 N–H and O–H groups in total. The molecule has 1 unspecified atom stereocenters. The maximum absolute atomic E-state index is 7.11. The molecule has 0 radical (unpaired) electrons. The van der Waals surface area contributed by atoms with E-state index in [0.29, 0.717) is 0 Å². The fourth-order valence-electron chi connectivity index (χ4n) is 5.36. The van der Waals surface area contributed by atoms with Crippen LogP contribution < -0.4 is 10.7 Å². The fraction of sp³-hybridized carbons (Fsp3) is 0.379. The molecule has 4 rings (SSSR count). The van der Waals surface area contributed by atoms with Crippen LogP contribution in [0.15, 0.2) is 91.0 Å². The van der Waals surface area contributed by atoms with E-state index in [9.17, 15) is 0 Å². The van der Waals surface area contributed by atoms with Crippen molar-refractivity contribution in [3.63, 3.8) is 0 Å². The van der Waals surface area contributed by atoms with Crippen molar-refractivity contribution < 1.29 is 6.15 Å². The predicted molar refractivity (Wildman–Crippen MR) is 145 cm³/mol. The van der Waals surface area contributed by atoms with Crippen molar-refractivity contribution in [1.29, 1.82) is 0 Å². The first kappa shape index (κ1) is 25.3. The predicted octanol–water partition coefficient (Wildman–Crippen LogP) is 5.61. The van der Waals surface area contributed by atoms with Gasteiger partial charge in [0.1, 0.15) is 0 Å². The van der Waals surface area contributed by atoms with Gasteiger partial charge >= 0.3 is 211 Å². The number of hydrogen-bond donors (Lipinski definition) is 0. The summed E-state index contributed by atoms with van der Waals surface area (Å²) < 4.78 is 22.0. The molecule has 0 saturated carbocycles. The van der Waals surface area contributed by atoms with Gasteiger partial charge in [-0.1, -0.05) is 0 Å². The van der Waals surface area contributed by atoms with Crippen LogP contribution in [0.5, 0.6) is 0 Å². The molecule has 0 spiro atoms. The summed E-state index contributed by atoms with van der Waals surface area (Å²) in [7, 11) is 0. The molecule has 4 heteroatoms. The summed E-state index contributed by atoms with van der Waals surface area (Å²) >= 11 is -6.30. The molecule has 1 heterocycles. The molecule has 3 aromatic carbocycles. The Bertz CT molecular complexity index is 858. The van der Waals surface area contributed by atoms with Crippen molar-refractivity contribution in [3.05, 3.63) is 91.0 Å². The van der Waals surface area contributed by atoms with Crippen molar-refractivity contribution >= 4 is 48.3 Å². The van der Waals surface area contributed by atoms with Gasteiger partial charge in [0.2, 0.25) is 0 Å². The minimum absolute atomic E-state index is 0.228. The normalized spacial score (nSPS) is 17.8. The maximum atomic E-state index is 7.11. The molecule has 1 fully saturated rings. The molecule has 174 valence electrons. The molecule has 0 aromatic heterocycles. The van der Waals surface area contributed by atoms with Gasteiger partial charge < -0.3 is 0 Å². The van der Waals surface area contributed by atoms with Gasteiger partial charge in [-0.05, 0) is 0 Å². The van der Waals surface area contributed by atoms with Gasteiger partial charge in [-0.25, -0.2) is 0 Å². The Labute approximate surface area is 209 Å². The molecule has 1 atom stereocenters. The second-order valence-corrected chi connectivity index (χ2v) is 30.2. The van der Waals surface area contributed by atoms with Gasteiger partial charge in [0.25, 0.3) is 0 Å². The SMILES string of the molecule is CCC[CH2][Sn]1([CH2]CCC)[O]CC([CH2][Sn]([c]2ccccc2)([c]2ccccc2)[c]2ccccc2)[O]1. The van der Waals surface area contributed by atoms with Crippen molar-refractivity contribution in [2.24, 2.45) is 0 Å². The Morgan fingerprint density at radius 2 is 1.12 bits per heavy atom. The van der Waals surface area contributed by atoms with Crippen molar-refractivity contribution in [3.8, 4) is 0 Å². The first-order valence-electron chi connectivity index (χ1n) is 12.7. The molecular weight excluding hydrogens is 618 g/mol. The standard InChI is InChI=1S/3C6H5.2C4H9.C3H5O2.2Sn/c3*1-2-4-6-5-3-1;2*1-3-4-2;1-3(5)2-4;;/h3*1-5H;2*1,3-4H2,2H3;3H,1-2H2;;/q;;;;;-2;;+2. The Morgan fingerprint density at radius 3 is 1.52 bits per heavy atom. The number of rotatable bonds is 11. The zero-order valence-electron chi connectivity index (χ0n) is 20.2. The third-order valence-electron chi connectivity index (χ3n) is 7.07. The van der Waals surface area contributed by atoms with Crippen LogP contribution in [0.1, 0.15) is 39.5 Å². The van der Waals surface area contributed by atoms with Crippen LogP contribution in [-0.4, -0.2) is 50.3 Å². The number of hydrogen-bond acceptors (Lipinski definition) is 2. The van der Waals surface area contributed by atoms with Crippen LogP contribution in [0.2, 0.25) is 13.3 Å². The molecule has 0 aliphatic carbocycles. The molecule has 2 nitrogen and oxygen atoms in total. The van der Waals surface area contributed by atoms with Crippen LogP contribution in [0.3, 0.4) is 0 Å². The summed E-state index contributed by atoms with van der Waals surface area (Å²) in [5.41, 5.74) is 0. The van der Waals surface area contributed by atoms with Crippen LogP contribution in [-0.2, 0) is 6.15 Å². The van der Waals surface area contributed by atoms with E-state index in [4.69, 9.17) is 6.15 Å². The molecule has 1 aliphatic heterocycles. The van der Waals surface area contributed by atoms with Crippen molar-refractivity contribution in [2.75, 3.05) is 6.61 Å². The van der Waals surface area contributed by atoms with Crippen molar-refractivity contribution in [1.82, 2.24) is 0 Å². The molecule has 1 aliphatic rings. The average molecular weight is 656 g/mol. The summed E-state index contributed by atoms with van der Waals surface area (Å²) in [6, 6.07) is 33.9. The van der Waals surface area contributed by atoms with Crippen LogP contribution in [0, 0.1) is 0 Å². The Balaban J connectivity index is 1.75. The summed E-state index contributed by atoms with van der Waals surface area (Å²) in [4.78, 5) is 0. The van der Waals surface area contributed by atoms with E-state index in [1.165, 1.54) is 45.3 Å². The van der Waals surface area contributed by atoms with Crippen LogP contribution in [0.25, 0.3) is 0 Å². The molecular formula is C29H38O2Sn2. The number of benzene rings is 3. The molecule has 33 heavy (non-hydrogen) atoms. The van der Waals surface area contributed by atoms with E-state index in [-0.39, 0.29) is 6.10 Å². The first-order chi connectivity index (χ1) is 16.2. The second kappa shape index (κ2) is 12.2. The Kier molecular flexibility index (Phi) is 9.37. The minimum atomic E-state index is -3.32. The number of unbranched alkanes of at least 4 members (excludes halogenated alkanes) is 2. The van der Waals surface area contributed by atoms with Gasteiger partial charge in [-0.3, -0.25) is 0 Å². The summed E-state index contributed by atoms with van der Waals surface area (Å²) in [6.07, 6.45) is 5.17. The van der Waals surface area contributed by atoms with E-state index in [0.717, 1.165) is 11.0 Å². The summed E-state index contributed by atoms with van der Waals surface area (Å²) in [5, 5.41) is 0. The van der Waals surface area contributed by atoms with Gasteiger partial charge in [-0.2, -0.15) is 0 Å². The second-order valence-electron chi connectivity index (χ2n) is 9.38. The van der Waals surface area contributed by atoms with E-state index in [2.05, 4.69) is 105 Å². The zero-order chi connectivity index (χ0) is 23.0. The Morgan fingerprint density at radius 1 is 0.697 bits per heavy atom. The van der Waals surface area contributed by atoms with Crippen LogP contribution >= 0.6 is 0 Å². The first-order valence-corrected chi connectivity index (χ1v) is 25.4. The molecule has 3 aromatic rings. The average Bonchev–Trinajstić information content (AvgIpc) is 3.29. The third kappa shape index (κ3) is 5.88. The van der Waals surface area contributed by atoms with Gasteiger partial charge in [0.05, 0.1) is 0 Å². The molecule has 0 bridgehead atoms. The van der Waals surface area contributed by atoms with E-state index in [1.54, 1.807) is 0 Å². The summed E-state index contributed by atoms with van der Waals surface area (Å²) in [6.45, 7) is 5.37. The molecule has 0 amide bonds. The van der Waals surface area contributed by atoms with Crippen molar-refractivity contribution in [2.45, 2.75) is 58.9 Å². The Hall–Kier alpha value is -0.823. The van der Waals surface area contributed by atoms with Gasteiger partial charge in [0.15, 0.2) is 0 Å². The van der Waals surface area contributed by atoms with Gasteiger partial charge in [0, 0.05) is 0 Å². The summed E-state index contributed by atoms with van der Waals surface area (Å²) in [5.74, 6) is 0. The molecule has 1 saturated heterocycles. The quantitative estimate of drug-likeness (QED) is 0.250. The monoisotopic (exact) mass is 658 g/mol. The zero-order valence-corrected chi connectivity index (χ0v) is 25.9. The van der Waals surface area contributed by atoms with Crippen LogP contribution in [0.4, 0.5) is 0 Å². The topological polar surface area (TPSA) is 18.5 Å².